The highest BCUT2D eigenvalue weighted by Gasteiger charge is 2.17. The van der Waals surface area contributed by atoms with Crippen LogP contribution in [0.4, 0.5) is 10.1 Å². The first-order valence-electron chi connectivity index (χ1n) is 7.78. The predicted molar refractivity (Wildman–Crippen MR) is 94.6 cm³/mol. The first kappa shape index (κ1) is 15.8. The number of H-pyrrole nitrogens is 1. The Kier molecular flexibility index (Phi) is 3.81. The number of carbonyl (C=O) groups excluding carboxylic acids is 1. The van der Waals surface area contributed by atoms with E-state index in [-0.39, 0.29) is 17.4 Å². The van der Waals surface area contributed by atoms with Crippen molar-refractivity contribution in [2.75, 3.05) is 5.73 Å². The zero-order chi connectivity index (χ0) is 18.1. The van der Waals surface area contributed by atoms with Gasteiger partial charge in [0.2, 0.25) is 5.88 Å². The van der Waals surface area contributed by atoms with Gasteiger partial charge in [0.1, 0.15) is 5.65 Å². The van der Waals surface area contributed by atoms with Gasteiger partial charge in [0.25, 0.3) is 0 Å². The van der Waals surface area contributed by atoms with Gasteiger partial charge in [-0.25, -0.2) is 14.4 Å². The van der Waals surface area contributed by atoms with Crippen LogP contribution in [0.2, 0.25) is 0 Å². The summed E-state index contributed by atoms with van der Waals surface area (Å²) in [6, 6.07) is 10.7. The summed E-state index contributed by atoms with van der Waals surface area (Å²) in [5.74, 6) is -0.488. The molecule has 7 heteroatoms. The fourth-order valence-electron chi connectivity index (χ4n) is 2.63. The number of benzene rings is 1. The first-order valence-corrected chi connectivity index (χ1v) is 7.78. The average molecular weight is 348 g/mol. The number of ketones is 1. The number of nitrogens with one attached hydrogen (secondary N) is 1. The molecular formula is C19H13FN4O2. The Morgan fingerprint density at radius 1 is 1.12 bits per heavy atom. The van der Waals surface area contributed by atoms with Gasteiger partial charge in [0.15, 0.2) is 17.3 Å². The van der Waals surface area contributed by atoms with Crippen molar-refractivity contribution >= 4 is 22.5 Å². The number of aromatic nitrogens is 3. The molecule has 0 bridgehead atoms. The maximum Gasteiger partial charge on any atom is 0.219 e. The number of anilines is 1. The Morgan fingerprint density at radius 3 is 2.73 bits per heavy atom. The summed E-state index contributed by atoms with van der Waals surface area (Å²) < 4.78 is 19.0. The van der Waals surface area contributed by atoms with E-state index >= 15 is 0 Å². The van der Waals surface area contributed by atoms with Crippen molar-refractivity contribution < 1.29 is 13.9 Å². The van der Waals surface area contributed by atoms with Crippen LogP contribution in [0.3, 0.4) is 0 Å². The number of nitrogens with zero attached hydrogens (tertiary/aromatic N) is 2. The molecule has 0 aliphatic heterocycles. The highest BCUT2D eigenvalue weighted by Crippen LogP contribution is 2.26. The number of carbonyl (C=O) groups is 1. The maximum absolute atomic E-state index is 13.6. The topological polar surface area (TPSA) is 93.9 Å². The normalized spacial score (nSPS) is 10.8. The van der Waals surface area contributed by atoms with Crippen molar-refractivity contribution in [3.8, 4) is 11.6 Å². The van der Waals surface area contributed by atoms with Gasteiger partial charge >= 0.3 is 0 Å². The van der Waals surface area contributed by atoms with Gasteiger partial charge in [0, 0.05) is 35.9 Å². The smallest absolute Gasteiger partial charge is 0.219 e. The van der Waals surface area contributed by atoms with E-state index in [1.807, 2.05) is 0 Å². The molecule has 3 aromatic heterocycles. The standard InChI is InChI=1S/C19H13FN4O2/c20-13-3-1-2-4-15(13)26-16-6-5-11(9-23-16)18(25)12-10-24-19-17(12)14(21)7-8-22-19/h1-10H,(H3,21,22,24). The van der Waals surface area contributed by atoms with E-state index in [2.05, 4.69) is 15.0 Å². The number of nitrogens with two attached hydrogens (primary N) is 1. The molecule has 0 radical (unpaired) electrons. The summed E-state index contributed by atoms with van der Waals surface area (Å²) >= 11 is 0. The molecule has 3 heterocycles. The number of aromatic amines is 1. The molecule has 128 valence electrons. The third kappa shape index (κ3) is 2.75. The third-order valence-corrected chi connectivity index (χ3v) is 3.90. The Hall–Kier alpha value is -3.74. The van der Waals surface area contributed by atoms with Crippen molar-refractivity contribution in [2.24, 2.45) is 0 Å². The predicted octanol–water partition coefficient (Wildman–Crippen LogP) is 3.70. The number of para-hydroxylation sites is 1. The van der Waals surface area contributed by atoms with Crippen LogP contribution in [-0.4, -0.2) is 20.7 Å². The molecule has 3 N–H and O–H groups in total. The molecule has 6 nitrogen and oxygen atoms in total. The van der Waals surface area contributed by atoms with Crippen molar-refractivity contribution in [3.63, 3.8) is 0 Å². The average Bonchev–Trinajstić information content (AvgIpc) is 3.09. The lowest BCUT2D eigenvalue weighted by atomic mass is 10.0. The minimum absolute atomic E-state index is 0.0644. The first-order chi connectivity index (χ1) is 12.6. The molecule has 1 aromatic carbocycles. The van der Waals surface area contributed by atoms with Crippen LogP contribution in [0.5, 0.6) is 11.6 Å². The molecule has 26 heavy (non-hydrogen) atoms. The van der Waals surface area contributed by atoms with Gasteiger partial charge in [-0.2, -0.15) is 0 Å². The Balaban J connectivity index is 1.62. The second kappa shape index (κ2) is 6.29. The van der Waals surface area contributed by atoms with Crippen molar-refractivity contribution in [1.29, 1.82) is 0 Å². The SMILES string of the molecule is Nc1ccnc2[nH]cc(C(=O)c3ccc(Oc4ccccc4F)nc3)c12. The van der Waals surface area contributed by atoms with Gasteiger partial charge in [-0.05, 0) is 24.3 Å². The van der Waals surface area contributed by atoms with Crippen molar-refractivity contribution in [2.45, 2.75) is 0 Å². The number of halogens is 1. The molecule has 0 saturated heterocycles. The summed E-state index contributed by atoms with van der Waals surface area (Å²) in [4.78, 5) is 23.9. The molecule has 0 unspecified atom stereocenters. The van der Waals surface area contributed by atoms with E-state index in [4.69, 9.17) is 10.5 Å². The number of nitrogen functional groups attached to an aromatic ring is 1. The zero-order valence-corrected chi connectivity index (χ0v) is 13.4. The van der Waals surface area contributed by atoms with Gasteiger partial charge < -0.3 is 15.5 Å². The van der Waals surface area contributed by atoms with E-state index < -0.39 is 5.82 Å². The Bertz CT molecular complexity index is 1110. The maximum atomic E-state index is 13.6. The third-order valence-electron chi connectivity index (χ3n) is 3.90. The molecular weight excluding hydrogens is 335 g/mol. The number of pyridine rings is 2. The fraction of sp³-hybridized carbons (Fsp3) is 0. The number of hydrogen-bond donors (Lipinski definition) is 2. The lowest BCUT2D eigenvalue weighted by Gasteiger charge is -2.06. The van der Waals surface area contributed by atoms with E-state index in [0.717, 1.165) is 0 Å². The molecule has 4 aromatic rings. The lowest BCUT2D eigenvalue weighted by molar-refractivity contribution is 0.104. The summed E-state index contributed by atoms with van der Waals surface area (Å²) in [5, 5.41) is 0.573. The largest absolute Gasteiger partial charge is 0.436 e. The molecule has 4 rings (SSSR count). The second-order valence-corrected chi connectivity index (χ2v) is 5.57. The zero-order valence-electron chi connectivity index (χ0n) is 13.4. The molecule has 0 fully saturated rings. The van der Waals surface area contributed by atoms with Crippen LogP contribution >= 0.6 is 0 Å². The summed E-state index contributed by atoms with van der Waals surface area (Å²) in [6.45, 7) is 0. The van der Waals surface area contributed by atoms with Gasteiger partial charge in [-0.3, -0.25) is 4.79 Å². The van der Waals surface area contributed by atoms with Gasteiger partial charge in [-0.15, -0.1) is 0 Å². The molecule has 0 saturated carbocycles. The monoisotopic (exact) mass is 348 g/mol. The molecule has 0 aliphatic carbocycles. The van der Waals surface area contributed by atoms with Crippen LogP contribution in [0, 0.1) is 5.82 Å². The number of rotatable bonds is 4. The number of fused-ring (bicyclic) bond motifs is 1. The van der Waals surface area contributed by atoms with Crippen LogP contribution in [0.1, 0.15) is 15.9 Å². The summed E-state index contributed by atoms with van der Waals surface area (Å²) in [6.07, 6.45) is 4.52. The van der Waals surface area contributed by atoms with Crippen molar-refractivity contribution in [3.05, 3.63) is 78.0 Å². The lowest BCUT2D eigenvalue weighted by Crippen LogP contribution is -2.02. The van der Waals surface area contributed by atoms with Gasteiger partial charge in [0.05, 0.1) is 10.9 Å². The molecule has 0 atom stereocenters. The number of ether oxygens (including phenoxy) is 1. The van der Waals surface area contributed by atoms with E-state index in [1.165, 1.54) is 24.4 Å². The minimum atomic E-state index is -0.490. The molecule has 0 aliphatic rings. The quantitative estimate of drug-likeness (QED) is 0.548. The van der Waals surface area contributed by atoms with E-state index in [9.17, 15) is 9.18 Å². The van der Waals surface area contributed by atoms with Crippen LogP contribution in [0.15, 0.2) is 61.1 Å². The van der Waals surface area contributed by atoms with Gasteiger partial charge in [-0.1, -0.05) is 12.1 Å². The summed E-state index contributed by atoms with van der Waals surface area (Å²) in [5.41, 5.74) is 7.73. The fourth-order valence-corrected chi connectivity index (χ4v) is 2.63. The van der Waals surface area contributed by atoms with E-state index in [0.29, 0.717) is 27.8 Å². The molecule has 0 spiro atoms. The highest BCUT2D eigenvalue weighted by molar-refractivity contribution is 6.18. The Morgan fingerprint density at radius 2 is 1.96 bits per heavy atom. The Labute approximate surface area is 147 Å². The van der Waals surface area contributed by atoms with E-state index in [1.54, 1.807) is 36.7 Å². The second-order valence-electron chi connectivity index (χ2n) is 5.57. The number of hydrogen-bond acceptors (Lipinski definition) is 5. The van der Waals surface area contributed by atoms with Crippen molar-refractivity contribution in [1.82, 2.24) is 15.0 Å². The molecule has 0 amide bonds. The minimum Gasteiger partial charge on any atom is -0.436 e. The van der Waals surface area contributed by atoms with Crippen LogP contribution < -0.4 is 10.5 Å². The van der Waals surface area contributed by atoms with Crippen LogP contribution in [0.25, 0.3) is 11.0 Å². The van der Waals surface area contributed by atoms with Crippen LogP contribution in [-0.2, 0) is 0 Å². The summed E-state index contributed by atoms with van der Waals surface area (Å²) in [7, 11) is 0. The highest BCUT2D eigenvalue weighted by atomic mass is 19.1.